The molecule has 0 radical (unpaired) electrons. The Hall–Kier alpha value is -3.17. The number of nitrogens with one attached hydrogen (secondary N) is 1. The summed E-state index contributed by atoms with van der Waals surface area (Å²) in [5.41, 5.74) is 3.98. The average Bonchev–Trinajstić information content (AvgIpc) is 3.39. The smallest absolute Gasteiger partial charge is 0.236 e. The van der Waals surface area contributed by atoms with Gasteiger partial charge in [0.1, 0.15) is 0 Å². The van der Waals surface area contributed by atoms with Crippen LogP contribution in [0.15, 0.2) is 65.1 Å². The van der Waals surface area contributed by atoms with Gasteiger partial charge in [0.2, 0.25) is 5.91 Å². The van der Waals surface area contributed by atoms with Crippen LogP contribution in [0.5, 0.6) is 0 Å². The first-order chi connectivity index (χ1) is 15.0. The van der Waals surface area contributed by atoms with Gasteiger partial charge in [0, 0.05) is 43.3 Å². The standard InChI is InChI=1S/C22H22N6OS2/c1-27(2)17-11-9-16(10-12-17)20-25-26-22(28(20)3)31-14-19(29)24-21-23-18(13-30-21)15-7-5-4-6-8-15/h4-13H,14H2,1-3H3,(H,23,24,29). The zero-order valence-electron chi connectivity index (χ0n) is 17.4. The molecule has 0 aliphatic carbocycles. The van der Waals surface area contributed by atoms with E-state index < -0.39 is 0 Å². The van der Waals surface area contributed by atoms with Crippen LogP contribution in [0.3, 0.4) is 0 Å². The molecule has 2 aromatic carbocycles. The van der Waals surface area contributed by atoms with E-state index in [1.54, 1.807) is 0 Å². The molecule has 7 nitrogen and oxygen atoms in total. The third-order valence-electron chi connectivity index (χ3n) is 4.63. The number of nitrogens with zero attached hydrogens (tertiary/aromatic N) is 5. The molecule has 0 unspecified atom stereocenters. The lowest BCUT2D eigenvalue weighted by Gasteiger charge is -2.12. The van der Waals surface area contributed by atoms with E-state index in [0.29, 0.717) is 10.3 Å². The molecule has 31 heavy (non-hydrogen) atoms. The summed E-state index contributed by atoms with van der Waals surface area (Å²) in [5.74, 6) is 0.866. The van der Waals surface area contributed by atoms with Crippen LogP contribution in [-0.2, 0) is 11.8 Å². The molecule has 9 heteroatoms. The van der Waals surface area contributed by atoms with Crippen LogP contribution >= 0.6 is 23.1 Å². The molecule has 4 rings (SSSR count). The van der Waals surface area contributed by atoms with Gasteiger partial charge in [-0.15, -0.1) is 21.5 Å². The second-order valence-electron chi connectivity index (χ2n) is 7.05. The van der Waals surface area contributed by atoms with Crippen LogP contribution < -0.4 is 10.2 Å². The van der Waals surface area contributed by atoms with Gasteiger partial charge in [-0.1, -0.05) is 42.1 Å². The van der Waals surface area contributed by atoms with Gasteiger partial charge in [0.15, 0.2) is 16.1 Å². The molecule has 0 spiro atoms. The summed E-state index contributed by atoms with van der Waals surface area (Å²) in [6.45, 7) is 0. The van der Waals surface area contributed by atoms with Crippen molar-refractivity contribution in [2.45, 2.75) is 5.16 Å². The zero-order valence-corrected chi connectivity index (χ0v) is 19.1. The van der Waals surface area contributed by atoms with Gasteiger partial charge < -0.3 is 14.8 Å². The van der Waals surface area contributed by atoms with Gasteiger partial charge in [-0.25, -0.2) is 4.98 Å². The fraction of sp³-hybridized carbons (Fsp3) is 0.182. The Kier molecular flexibility index (Phi) is 6.34. The summed E-state index contributed by atoms with van der Waals surface area (Å²) in [4.78, 5) is 18.9. The Morgan fingerprint density at radius 2 is 1.81 bits per heavy atom. The Labute approximate surface area is 189 Å². The van der Waals surface area contributed by atoms with E-state index in [1.807, 2.05) is 90.6 Å². The highest BCUT2D eigenvalue weighted by molar-refractivity contribution is 7.99. The molecule has 1 amide bonds. The lowest BCUT2D eigenvalue weighted by atomic mass is 10.2. The molecule has 0 atom stereocenters. The minimum atomic E-state index is -0.126. The minimum absolute atomic E-state index is 0.126. The topological polar surface area (TPSA) is 75.9 Å². The molecule has 0 aliphatic rings. The first-order valence-electron chi connectivity index (χ1n) is 9.62. The summed E-state index contributed by atoms with van der Waals surface area (Å²) in [6.07, 6.45) is 0. The number of rotatable bonds is 7. The predicted molar refractivity (Wildman–Crippen MR) is 128 cm³/mol. The third kappa shape index (κ3) is 4.95. The Morgan fingerprint density at radius 3 is 2.52 bits per heavy atom. The van der Waals surface area contributed by atoms with Crippen molar-refractivity contribution >= 4 is 39.8 Å². The molecule has 4 aromatic rings. The number of amides is 1. The Morgan fingerprint density at radius 1 is 1.06 bits per heavy atom. The summed E-state index contributed by atoms with van der Waals surface area (Å²) < 4.78 is 1.90. The fourth-order valence-corrected chi connectivity index (χ4v) is 4.41. The first-order valence-corrected chi connectivity index (χ1v) is 11.5. The van der Waals surface area contributed by atoms with Crippen molar-refractivity contribution in [3.63, 3.8) is 0 Å². The molecule has 2 aromatic heterocycles. The molecule has 0 aliphatic heterocycles. The van der Waals surface area contributed by atoms with Gasteiger partial charge in [0.25, 0.3) is 0 Å². The van der Waals surface area contributed by atoms with Gasteiger partial charge in [-0.05, 0) is 24.3 Å². The Bertz CT molecular complexity index is 1170. The van der Waals surface area contributed by atoms with E-state index in [4.69, 9.17) is 0 Å². The highest BCUT2D eigenvalue weighted by atomic mass is 32.2. The van der Waals surface area contributed by atoms with Crippen molar-refractivity contribution in [1.29, 1.82) is 0 Å². The number of anilines is 2. The number of thioether (sulfide) groups is 1. The van der Waals surface area contributed by atoms with Crippen LogP contribution in [0.1, 0.15) is 0 Å². The number of carbonyl (C=O) groups excluding carboxylic acids is 1. The lowest BCUT2D eigenvalue weighted by Crippen LogP contribution is -2.14. The van der Waals surface area contributed by atoms with E-state index in [0.717, 1.165) is 28.3 Å². The zero-order chi connectivity index (χ0) is 21.8. The van der Waals surface area contributed by atoms with Crippen molar-refractivity contribution < 1.29 is 4.79 Å². The monoisotopic (exact) mass is 450 g/mol. The van der Waals surface area contributed by atoms with Gasteiger partial charge >= 0.3 is 0 Å². The maximum Gasteiger partial charge on any atom is 0.236 e. The second-order valence-corrected chi connectivity index (χ2v) is 8.85. The summed E-state index contributed by atoms with van der Waals surface area (Å²) in [7, 11) is 5.92. The molecule has 158 valence electrons. The maximum absolute atomic E-state index is 12.4. The predicted octanol–water partition coefficient (Wildman–Crippen LogP) is 4.40. The van der Waals surface area contributed by atoms with Crippen molar-refractivity contribution in [3.8, 4) is 22.6 Å². The minimum Gasteiger partial charge on any atom is -0.378 e. The van der Waals surface area contributed by atoms with Crippen LogP contribution in [0.4, 0.5) is 10.8 Å². The van der Waals surface area contributed by atoms with Crippen molar-refractivity contribution in [1.82, 2.24) is 19.7 Å². The number of benzene rings is 2. The molecule has 2 heterocycles. The van der Waals surface area contributed by atoms with Crippen molar-refractivity contribution in [2.24, 2.45) is 7.05 Å². The molecule has 0 fully saturated rings. The second kappa shape index (κ2) is 9.32. The normalized spacial score (nSPS) is 10.8. The van der Waals surface area contributed by atoms with Crippen LogP contribution in [0.2, 0.25) is 0 Å². The molecular formula is C22H22N6OS2. The van der Waals surface area contributed by atoms with Gasteiger partial charge in [-0.2, -0.15) is 0 Å². The molecule has 1 N–H and O–H groups in total. The fourth-order valence-electron chi connectivity index (χ4n) is 2.96. The van der Waals surface area contributed by atoms with Crippen molar-refractivity contribution in [2.75, 3.05) is 30.1 Å². The SMILES string of the molecule is CN(C)c1ccc(-c2nnc(SCC(=O)Nc3nc(-c4ccccc4)cs3)n2C)cc1. The summed E-state index contributed by atoms with van der Waals surface area (Å²) >= 11 is 2.76. The van der Waals surface area contributed by atoms with Crippen LogP contribution in [0, 0.1) is 0 Å². The summed E-state index contributed by atoms with van der Waals surface area (Å²) in [6, 6.07) is 18.0. The quantitative estimate of drug-likeness (QED) is 0.421. The summed E-state index contributed by atoms with van der Waals surface area (Å²) in [5, 5.41) is 14.6. The van der Waals surface area contributed by atoms with E-state index in [2.05, 4.69) is 20.5 Å². The molecule has 0 saturated heterocycles. The number of hydrogen-bond acceptors (Lipinski definition) is 7. The number of hydrogen-bond donors (Lipinski definition) is 1. The highest BCUT2D eigenvalue weighted by Crippen LogP contribution is 2.26. The third-order valence-corrected chi connectivity index (χ3v) is 6.41. The highest BCUT2D eigenvalue weighted by Gasteiger charge is 2.14. The van der Waals surface area contributed by atoms with E-state index >= 15 is 0 Å². The number of thiazole rings is 1. The Balaban J connectivity index is 1.36. The van der Waals surface area contributed by atoms with Crippen molar-refractivity contribution in [3.05, 3.63) is 60.0 Å². The molecular weight excluding hydrogens is 428 g/mol. The number of carbonyl (C=O) groups is 1. The number of aromatic nitrogens is 4. The maximum atomic E-state index is 12.4. The molecule has 0 saturated carbocycles. The van der Waals surface area contributed by atoms with Crippen LogP contribution in [0.25, 0.3) is 22.6 Å². The van der Waals surface area contributed by atoms with Gasteiger partial charge in [0.05, 0.1) is 11.4 Å². The van der Waals surface area contributed by atoms with Gasteiger partial charge in [-0.3, -0.25) is 4.79 Å². The van der Waals surface area contributed by atoms with E-state index in [1.165, 1.54) is 23.1 Å². The largest absolute Gasteiger partial charge is 0.378 e. The van der Waals surface area contributed by atoms with Crippen LogP contribution in [-0.4, -0.2) is 45.5 Å². The lowest BCUT2D eigenvalue weighted by molar-refractivity contribution is -0.113. The van der Waals surface area contributed by atoms with E-state index in [-0.39, 0.29) is 11.7 Å². The average molecular weight is 451 g/mol. The molecule has 0 bridgehead atoms. The first kappa shape index (κ1) is 21.1. The van der Waals surface area contributed by atoms with E-state index in [9.17, 15) is 4.79 Å².